The number of hydrogen-bond acceptors (Lipinski definition) is 2. The number of carbonyl (C=O) groups excluding carboxylic acids is 1. The van der Waals surface area contributed by atoms with Crippen LogP contribution < -0.4 is 0 Å². The Bertz CT molecular complexity index is 863. The smallest absolute Gasteiger partial charge is 0.223 e. The molecule has 1 amide bonds. The van der Waals surface area contributed by atoms with Crippen molar-refractivity contribution in [3.8, 4) is 0 Å². The van der Waals surface area contributed by atoms with Gasteiger partial charge in [-0.3, -0.25) is 4.79 Å². The highest BCUT2D eigenvalue weighted by Crippen LogP contribution is 2.31. The van der Waals surface area contributed by atoms with Crippen molar-refractivity contribution < 1.29 is 4.79 Å². The molecule has 0 spiro atoms. The number of hydrogen-bond donors (Lipinski definition) is 2. The Morgan fingerprint density at radius 2 is 2.25 bits per heavy atom. The Kier molecular flexibility index (Phi) is 3.84. The second kappa shape index (κ2) is 6.15. The van der Waals surface area contributed by atoms with Crippen LogP contribution in [0, 0.1) is 6.92 Å². The van der Waals surface area contributed by atoms with E-state index in [1.165, 1.54) is 10.9 Å². The lowest BCUT2D eigenvalue weighted by molar-refractivity contribution is -0.132. The molecule has 2 N–H and O–H groups in total. The summed E-state index contributed by atoms with van der Waals surface area (Å²) in [5.74, 6) is 1.14. The summed E-state index contributed by atoms with van der Waals surface area (Å²) in [6, 6.07) is 8.34. The molecule has 0 bridgehead atoms. The fraction of sp³-hybridized carbons (Fsp3) is 0.368. The highest BCUT2D eigenvalue weighted by atomic mass is 16.2. The molecule has 2 aromatic heterocycles. The van der Waals surface area contributed by atoms with Crippen molar-refractivity contribution in [3.05, 3.63) is 53.7 Å². The number of rotatable bonds is 4. The molecule has 5 heteroatoms. The second-order valence-corrected chi connectivity index (χ2v) is 6.56. The molecule has 0 aliphatic carbocycles. The fourth-order valence-electron chi connectivity index (χ4n) is 3.68. The normalized spacial score (nSPS) is 17.7. The standard InChI is InChI=1S/C19H22N4O/c1-13-11-21-19(22-13)17-7-4-10-23(17)18(24)9-8-14-12-20-16-6-3-2-5-15(14)16/h2-3,5-6,11-12,17,20H,4,7-10H2,1H3,(H,21,22). The molecule has 0 saturated carbocycles. The maximum atomic E-state index is 12.7. The van der Waals surface area contributed by atoms with Crippen molar-refractivity contribution in [3.63, 3.8) is 0 Å². The first-order valence-electron chi connectivity index (χ1n) is 8.58. The van der Waals surface area contributed by atoms with Crippen molar-refractivity contribution >= 4 is 16.8 Å². The number of aryl methyl sites for hydroxylation is 2. The minimum Gasteiger partial charge on any atom is -0.361 e. The van der Waals surface area contributed by atoms with Gasteiger partial charge in [0.25, 0.3) is 0 Å². The van der Waals surface area contributed by atoms with E-state index in [0.717, 1.165) is 42.8 Å². The molecule has 3 heterocycles. The van der Waals surface area contributed by atoms with Gasteiger partial charge in [-0.05, 0) is 37.8 Å². The Morgan fingerprint density at radius 3 is 3.08 bits per heavy atom. The Hall–Kier alpha value is -2.56. The van der Waals surface area contributed by atoms with Crippen LogP contribution >= 0.6 is 0 Å². The Labute approximate surface area is 141 Å². The van der Waals surface area contributed by atoms with Crippen molar-refractivity contribution in [1.29, 1.82) is 0 Å². The molecule has 124 valence electrons. The summed E-state index contributed by atoms with van der Waals surface area (Å²) in [5, 5.41) is 1.21. The summed E-state index contributed by atoms with van der Waals surface area (Å²) in [6.07, 6.45) is 7.20. The van der Waals surface area contributed by atoms with E-state index >= 15 is 0 Å². The van der Waals surface area contributed by atoms with E-state index in [9.17, 15) is 4.79 Å². The van der Waals surface area contributed by atoms with Gasteiger partial charge in [0.1, 0.15) is 5.82 Å². The maximum Gasteiger partial charge on any atom is 0.223 e. The van der Waals surface area contributed by atoms with Gasteiger partial charge < -0.3 is 14.9 Å². The average Bonchev–Trinajstić information content (AvgIpc) is 3.31. The largest absolute Gasteiger partial charge is 0.361 e. The lowest BCUT2D eigenvalue weighted by atomic mass is 10.1. The van der Waals surface area contributed by atoms with Gasteiger partial charge in [0.05, 0.1) is 6.04 Å². The number of para-hydroxylation sites is 1. The van der Waals surface area contributed by atoms with Crippen molar-refractivity contribution in [1.82, 2.24) is 19.9 Å². The molecule has 0 radical (unpaired) electrons. The molecule has 1 saturated heterocycles. The number of nitrogens with one attached hydrogen (secondary N) is 2. The molecule has 1 aliphatic rings. The zero-order valence-electron chi connectivity index (χ0n) is 13.9. The molecule has 1 aliphatic heterocycles. The average molecular weight is 322 g/mol. The quantitative estimate of drug-likeness (QED) is 0.772. The first-order chi connectivity index (χ1) is 11.7. The van der Waals surface area contributed by atoms with E-state index in [4.69, 9.17) is 0 Å². The lowest BCUT2D eigenvalue weighted by Crippen LogP contribution is -2.31. The van der Waals surface area contributed by atoms with Crippen LogP contribution in [0.4, 0.5) is 0 Å². The predicted molar refractivity (Wildman–Crippen MR) is 93.6 cm³/mol. The van der Waals surface area contributed by atoms with Crippen molar-refractivity contribution in [2.24, 2.45) is 0 Å². The van der Waals surface area contributed by atoms with Crippen LogP contribution in [0.2, 0.25) is 0 Å². The van der Waals surface area contributed by atoms with E-state index in [0.29, 0.717) is 6.42 Å². The monoisotopic (exact) mass is 322 g/mol. The third kappa shape index (κ3) is 2.70. The van der Waals surface area contributed by atoms with Gasteiger partial charge in [0.15, 0.2) is 0 Å². The highest BCUT2D eigenvalue weighted by molar-refractivity contribution is 5.84. The van der Waals surface area contributed by atoms with E-state index in [1.807, 2.05) is 36.4 Å². The molecule has 1 atom stereocenters. The number of aromatic nitrogens is 3. The van der Waals surface area contributed by atoms with Gasteiger partial charge in [0, 0.05) is 42.0 Å². The molecule has 24 heavy (non-hydrogen) atoms. The van der Waals surface area contributed by atoms with E-state index < -0.39 is 0 Å². The van der Waals surface area contributed by atoms with E-state index in [1.54, 1.807) is 0 Å². The van der Waals surface area contributed by atoms with Crippen LogP contribution in [0.5, 0.6) is 0 Å². The van der Waals surface area contributed by atoms with Crippen LogP contribution in [-0.2, 0) is 11.2 Å². The number of imidazole rings is 1. The lowest BCUT2D eigenvalue weighted by Gasteiger charge is -2.23. The number of H-pyrrole nitrogens is 2. The van der Waals surface area contributed by atoms with Gasteiger partial charge in [-0.1, -0.05) is 18.2 Å². The minimum absolute atomic E-state index is 0.106. The fourth-order valence-corrected chi connectivity index (χ4v) is 3.68. The molecule has 1 fully saturated rings. The van der Waals surface area contributed by atoms with Crippen molar-refractivity contribution in [2.75, 3.05) is 6.54 Å². The Balaban J connectivity index is 1.45. The van der Waals surface area contributed by atoms with Gasteiger partial charge in [-0.2, -0.15) is 0 Å². The van der Waals surface area contributed by atoms with Gasteiger partial charge in [0.2, 0.25) is 5.91 Å². The number of likely N-dealkylation sites (tertiary alicyclic amines) is 1. The predicted octanol–water partition coefficient (Wildman–Crippen LogP) is 3.50. The second-order valence-electron chi connectivity index (χ2n) is 6.56. The number of amides is 1. The first-order valence-corrected chi connectivity index (χ1v) is 8.58. The van der Waals surface area contributed by atoms with Crippen LogP contribution in [0.1, 0.15) is 42.4 Å². The SMILES string of the molecule is Cc1cnc(C2CCCN2C(=O)CCc2c[nH]c3ccccc23)[nH]1. The summed E-state index contributed by atoms with van der Waals surface area (Å²) in [4.78, 5) is 25.7. The van der Waals surface area contributed by atoms with Gasteiger partial charge >= 0.3 is 0 Å². The first kappa shape index (κ1) is 15.0. The molecule has 1 aromatic carbocycles. The summed E-state index contributed by atoms with van der Waals surface area (Å²) in [6.45, 7) is 2.83. The minimum atomic E-state index is 0.106. The van der Waals surface area contributed by atoms with Gasteiger partial charge in [-0.15, -0.1) is 0 Å². The highest BCUT2D eigenvalue weighted by Gasteiger charge is 2.31. The van der Waals surface area contributed by atoms with Crippen LogP contribution in [0.15, 0.2) is 36.7 Å². The molecule has 1 unspecified atom stereocenters. The van der Waals surface area contributed by atoms with Crippen LogP contribution in [-0.4, -0.2) is 32.3 Å². The van der Waals surface area contributed by atoms with Crippen molar-refractivity contribution in [2.45, 2.75) is 38.6 Å². The summed E-state index contributed by atoms with van der Waals surface area (Å²) in [7, 11) is 0. The third-order valence-corrected chi connectivity index (χ3v) is 4.89. The zero-order chi connectivity index (χ0) is 16.5. The summed E-state index contributed by atoms with van der Waals surface area (Å²) in [5.41, 5.74) is 3.39. The molecule has 3 aromatic rings. The van der Waals surface area contributed by atoms with Gasteiger partial charge in [-0.25, -0.2) is 4.98 Å². The third-order valence-electron chi connectivity index (χ3n) is 4.89. The molecule has 5 nitrogen and oxygen atoms in total. The summed E-state index contributed by atoms with van der Waals surface area (Å²) >= 11 is 0. The molecule has 4 rings (SSSR count). The summed E-state index contributed by atoms with van der Waals surface area (Å²) < 4.78 is 0. The molecular weight excluding hydrogens is 300 g/mol. The topological polar surface area (TPSA) is 64.8 Å². The number of carbonyl (C=O) groups is 1. The number of aromatic amines is 2. The van der Waals surface area contributed by atoms with Crippen LogP contribution in [0.25, 0.3) is 10.9 Å². The Morgan fingerprint density at radius 1 is 1.38 bits per heavy atom. The van der Waals surface area contributed by atoms with E-state index in [2.05, 4.69) is 27.1 Å². The maximum absolute atomic E-state index is 12.7. The number of fused-ring (bicyclic) bond motifs is 1. The zero-order valence-corrected chi connectivity index (χ0v) is 13.9. The molecular formula is C19H22N4O. The number of nitrogens with zero attached hydrogens (tertiary/aromatic N) is 2. The van der Waals surface area contributed by atoms with Crippen LogP contribution in [0.3, 0.4) is 0 Å². The number of benzene rings is 1. The van der Waals surface area contributed by atoms with E-state index in [-0.39, 0.29) is 11.9 Å².